The number of likely N-dealkylation sites (N-methyl/N-ethyl adjacent to an activating group) is 1. The predicted molar refractivity (Wildman–Crippen MR) is 286 cm³/mol. The molecule has 0 aliphatic heterocycles. The molecule has 0 aliphatic carbocycles. The number of nitrogens with zero attached hydrogens (tertiary/aromatic N) is 1. The van der Waals surface area contributed by atoms with Gasteiger partial charge in [0, 0.05) is 6.42 Å². The molecule has 0 rings (SSSR count). The molecule has 0 aromatic rings. The lowest BCUT2D eigenvalue weighted by molar-refractivity contribution is -0.870. The SMILES string of the molecule is CCCCC/C=C\C/C=C\CCCCCCCCCCCC(=O)NC(COP(=O)(O)OCC[N+](C)(C)C)C(O)/C=C/CC/C=C/CCCCCCCCCCCCCCCCCCCCC. The number of amides is 1. The van der Waals surface area contributed by atoms with Gasteiger partial charge in [-0.3, -0.25) is 13.8 Å². The van der Waals surface area contributed by atoms with Crippen LogP contribution in [0.1, 0.15) is 258 Å². The second kappa shape index (κ2) is 48.5. The molecule has 0 saturated heterocycles. The third-order valence-corrected chi connectivity index (χ3v) is 13.5. The number of hydrogen-bond donors (Lipinski definition) is 3. The molecule has 0 aliphatic rings. The number of quaternary nitrogens is 1. The summed E-state index contributed by atoms with van der Waals surface area (Å²) >= 11 is 0. The smallest absolute Gasteiger partial charge is 0.387 e. The molecule has 3 atom stereocenters. The molecular weight excluding hydrogens is 840 g/mol. The number of nitrogens with one attached hydrogen (secondary N) is 1. The summed E-state index contributed by atoms with van der Waals surface area (Å²) in [5, 5.41) is 13.9. The average molecular weight is 950 g/mol. The van der Waals surface area contributed by atoms with Crippen molar-refractivity contribution in [2.45, 2.75) is 270 Å². The van der Waals surface area contributed by atoms with Crippen molar-refractivity contribution in [2.75, 3.05) is 40.9 Å². The Labute approximate surface area is 409 Å². The van der Waals surface area contributed by atoms with Crippen molar-refractivity contribution in [3.05, 3.63) is 48.6 Å². The summed E-state index contributed by atoms with van der Waals surface area (Å²) in [6.45, 7) is 4.79. The Bertz CT molecular complexity index is 1210. The van der Waals surface area contributed by atoms with Gasteiger partial charge < -0.3 is 19.8 Å². The number of carbonyl (C=O) groups is 1. The van der Waals surface area contributed by atoms with Crippen LogP contribution in [-0.2, 0) is 18.4 Å². The standard InChI is InChI=1S/C57H109N2O6P/c1-6-8-10-12-14-16-18-20-22-24-26-27-28-29-30-31-33-34-36-38-40-42-44-46-48-50-56(60)55(54-65-66(62,63)64-53-52-59(3,4)5)58-57(61)51-49-47-45-43-41-39-37-35-32-25-23-21-19-17-15-13-11-9-7-2/h15,17,21,23,40,42,48,50,55-56,60H,6-14,16,18-20,22,24-39,41,43-47,49,51-54H2,1-5H3,(H-,58,61,62,63)/p+1/b17-15-,23-21-,42-40+,50-48+. The minimum atomic E-state index is -4.36. The molecule has 3 unspecified atom stereocenters. The highest BCUT2D eigenvalue weighted by atomic mass is 31.2. The van der Waals surface area contributed by atoms with E-state index >= 15 is 0 Å². The fourth-order valence-corrected chi connectivity index (χ4v) is 8.82. The first kappa shape index (κ1) is 64.5. The first-order valence-electron chi connectivity index (χ1n) is 28.0. The Morgan fingerprint density at radius 3 is 1.33 bits per heavy atom. The summed E-state index contributed by atoms with van der Waals surface area (Å²) in [6.07, 6.45) is 63.5. The van der Waals surface area contributed by atoms with Crippen molar-refractivity contribution in [2.24, 2.45) is 0 Å². The second-order valence-electron chi connectivity index (χ2n) is 20.3. The highest BCUT2D eigenvalue weighted by Crippen LogP contribution is 2.43. The van der Waals surface area contributed by atoms with Crippen LogP contribution in [0.25, 0.3) is 0 Å². The predicted octanol–water partition coefficient (Wildman–Crippen LogP) is 16.8. The molecule has 1 amide bonds. The van der Waals surface area contributed by atoms with Crippen LogP contribution in [0.15, 0.2) is 48.6 Å². The zero-order chi connectivity index (χ0) is 48.5. The Morgan fingerprint density at radius 1 is 0.515 bits per heavy atom. The van der Waals surface area contributed by atoms with Gasteiger partial charge in [0.2, 0.25) is 5.91 Å². The highest BCUT2D eigenvalue weighted by molar-refractivity contribution is 7.47. The van der Waals surface area contributed by atoms with E-state index in [1.165, 1.54) is 193 Å². The van der Waals surface area contributed by atoms with Gasteiger partial charge in [0.05, 0.1) is 39.9 Å². The number of phosphoric ester groups is 1. The van der Waals surface area contributed by atoms with Gasteiger partial charge in [-0.1, -0.05) is 236 Å². The average Bonchev–Trinajstić information content (AvgIpc) is 3.28. The van der Waals surface area contributed by atoms with Gasteiger partial charge in [-0.15, -0.1) is 0 Å². The second-order valence-corrected chi connectivity index (χ2v) is 21.8. The van der Waals surface area contributed by atoms with Crippen molar-refractivity contribution in [3.8, 4) is 0 Å². The first-order valence-corrected chi connectivity index (χ1v) is 29.5. The molecule has 0 heterocycles. The molecule has 0 saturated carbocycles. The number of hydrogen-bond acceptors (Lipinski definition) is 5. The molecule has 66 heavy (non-hydrogen) atoms. The van der Waals surface area contributed by atoms with E-state index < -0.39 is 20.0 Å². The summed E-state index contributed by atoms with van der Waals surface area (Å²) in [4.78, 5) is 23.3. The Kier molecular flexibility index (Phi) is 47.4. The number of allylic oxidation sites excluding steroid dienone is 7. The van der Waals surface area contributed by atoms with Gasteiger partial charge >= 0.3 is 7.82 Å². The lowest BCUT2D eigenvalue weighted by Crippen LogP contribution is -2.45. The van der Waals surface area contributed by atoms with Gasteiger partial charge in [-0.25, -0.2) is 4.57 Å². The fraction of sp³-hybridized carbons (Fsp3) is 0.842. The van der Waals surface area contributed by atoms with E-state index in [0.29, 0.717) is 17.4 Å². The van der Waals surface area contributed by atoms with Gasteiger partial charge in [0.1, 0.15) is 13.2 Å². The molecule has 0 aromatic carbocycles. The van der Waals surface area contributed by atoms with Crippen LogP contribution in [0, 0.1) is 0 Å². The van der Waals surface area contributed by atoms with E-state index in [1.807, 2.05) is 27.2 Å². The van der Waals surface area contributed by atoms with E-state index in [9.17, 15) is 19.4 Å². The molecule has 388 valence electrons. The maximum absolute atomic E-state index is 13.0. The Morgan fingerprint density at radius 2 is 0.879 bits per heavy atom. The van der Waals surface area contributed by atoms with Crippen LogP contribution in [-0.4, -0.2) is 73.4 Å². The minimum absolute atomic E-state index is 0.0546. The van der Waals surface area contributed by atoms with Crippen molar-refractivity contribution in [1.82, 2.24) is 5.32 Å². The first-order chi connectivity index (χ1) is 32.0. The van der Waals surface area contributed by atoms with Crippen LogP contribution < -0.4 is 5.32 Å². The summed E-state index contributed by atoms with van der Waals surface area (Å²) in [5.41, 5.74) is 0. The zero-order valence-corrected chi connectivity index (χ0v) is 45.1. The summed E-state index contributed by atoms with van der Waals surface area (Å²) in [6, 6.07) is -0.867. The topological polar surface area (TPSA) is 105 Å². The van der Waals surface area contributed by atoms with Crippen molar-refractivity contribution in [3.63, 3.8) is 0 Å². The van der Waals surface area contributed by atoms with E-state index in [0.717, 1.165) is 44.9 Å². The van der Waals surface area contributed by atoms with E-state index in [2.05, 4.69) is 55.6 Å². The van der Waals surface area contributed by atoms with Gasteiger partial charge in [-0.2, -0.15) is 0 Å². The number of aliphatic hydroxyl groups is 1. The number of rotatable bonds is 51. The van der Waals surface area contributed by atoms with Gasteiger partial charge in [-0.05, 0) is 64.2 Å². The number of aliphatic hydroxyl groups excluding tert-OH is 1. The molecular formula is C57H110N2O6P+. The Balaban J connectivity index is 4.28. The number of phosphoric acid groups is 1. The van der Waals surface area contributed by atoms with Crippen LogP contribution in [0.3, 0.4) is 0 Å². The van der Waals surface area contributed by atoms with E-state index in [-0.39, 0.29) is 19.1 Å². The van der Waals surface area contributed by atoms with E-state index in [1.54, 1.807) is 6.08 Å². The fourth-order valence-electron chi connectivity index (χ4n) is 8.09. The largest absolute Gasteiger partial charge is 0.472 e. The third kappa shape index (κ3) is 50.3. The van der Waals surface area contributed by atoms with Crippen molar-refractivity contribution in [1.29, 1.82) is 0 Å². The normalized spacial score (nSPS) is 14.3. The monoisotopic (exact) mass is 950 g/mol. The minimum Gasteiger partial charge on any atom is -0.387 e. The molecule has 0 radical (unpaired) electrons. The summed E-state index contributed by atoms with van der Waals surface area (Å²) in [5.74, 6) is -0.190. The van der Waals surface area contributed by atoms with Gasteiger partial charge in [0.15, 0.2) is 0 Å². The molecule has 0 aromatic heterocycles. The molecule has 8 nitrogen and oxygen atoms in total. The van der Waals surface area contributed by atoms with Crippen LogP contribution in [0.4, 0.5) is 0 Å². The summed E-state index contributed by atoms with van der Waals surface area (Å²) < 4.78 is 23.7. The molecule has 3 N–H and O–H groups in total. The zero-order valence-electron chi connectivity index (χ0n) is 44.2. The number of carbonyl (C=O) groups excluding carboxylic acids is 1. The van der Waals surface area contributed by atoms with Crippen LogP contribution in [0.5, 0.6) is 0 Å². The maximum Gasteiger partial charge on any atom is 0.472 e. The lowest BCUT2D eigenvalue weighted by atomic mass is 10.0. The summed E-state index contributed by atoms with van der Waals surface area (Å²) in [7, 11) is 1.55. The molecule has 0 bridgehead atoms. The van der Waals surface area contributed by atoms with Gasteiger partial charge in [0.25, 0.3) is 0 Å². The van der Waals surface area contributed by atoms with Crippen molar-refractivity contribution < 1.29 is 32.9 Å². The third-order valence-electron chi connectivity index (χ3n) is 12.5. The number of unbranched alkanes of at least 4 members (excludes halogenated alkanes) is 32. The quantitative estimate of drug-likeness (QED) is 0.0243. The van der Waals surface area contributed by atoms with Crippen molar-refractivity contribution >= 4 is 13.7 Å². The van der Waals surface area contributed by atoms with Crippen LogP contribution in [0.2, 0.25) is 0 Å². The van der Waals surface area contributed by atoms with Crippen LogP contribution >= 0.6 is 7.82 Å². The molecule has 0 spiro atoms. The molecule has 0 fully saturated rings. The highest BCUT2D eigenvalue weighted by Gasteiger charge is 2.27. The lowest BCUT2D eigenvalue weighted by Gasteiger charge is -2.25. The van der Waals surface area contributed by atoms with E-state index in [4.69, 9.17) is 9.05 Å². The maximum atomic E-state index is 13.0. The Hall–Kier alpha value is -1.54. The molecule has 9 heteroatoms.